The maximum absolute atomic E-state index is 12.1. The number of hydrogen-bond acceptors (Lipinski definition) is 3. The number of rotatable bonds is 2. The van der Waals surface area contributed by atoms with Crippen molar-refractivity contribution in [1.29, 1.82) is 0 Å². The van der Waals surface area contributed by atoms with Gasteiger partial charge in [0.2, 0.25) is 0 Å². The van der Waals surface area contributed by atoms with E-state index < -0.39 is 0 Å². The highest BCUT2D eigenvalue weighted by molar-refractivity contribution is 5.91. The predicted octanol–water partition coefficient (Wildman–Crippen LogP) is 1.75. The number of furan rings is 1. The van der Waals surface area contributed by atoms with Gasteiger partial charge in [-0.1, -0.05) is 12.8 Å². The molecule has 0 spiro atoms. The Morgan fingerprint density at radius 1 is 1.25 bits per heavy atom. The van der Waals surface area contributed by atoms with E-state index in [9.17, 15) is 4.79 Å². The van der Waals surface area contributed by atoms with Gasteiger partial charge in [-0.2, -0.15) is 0 Å². The molecule has 4 nitrogen and oxygen atoms in total. The smallest absolute Gasteiger partial charge is 0.289 e. The van der Waals surface area contributed by atoms with Crippen molar-refractivity contribution in [2.75, 3.05) is 13.1 Å². The van der Waals surface area contributed by atoms with Crippen molar-refractivity contribution in [3.05, 3.63) is 23.7 Å². The quantitative estimate of drug-likeness (QED) is 0.829. The van der Waals surface area contributed by atoms with Crippen LogP contribution in [0.4, 0.5) is 0 Å². The van der Waals surface area contributed by atoms with Crippen LogP contribution in [-0.2, 0) is 6.54 Å². The molecule has 1 aromatic heterocycles. The first-order chi connectivity index (χ1) is 7.81. The zero-order chi connectivity index (χ0) is 11.4. The Bertz CT molecular complexity index is 352. The van der Waals surface area contributed by atoms with Crippen LogP contribution >= 0.6 is 0 Å². The highest BCUT2D eigenvalue weighted by Crippen LogP contribution is 2.15. The molecule has 1 fully saturated rings. The van der Waals surface area contributed by atoms with Gasteiger partial charge in [-0.05, 0) is 25.0 Å². The molecule has 0 bridgehead atoms. The largest absolute Gasteiger partial charge is 0.455 e. The van der Waals surface area contributed by atoms with Crippen molar-refractivity contribution in [2.45, 2.75) is 32.2 Å². The van der Waals surface area contributed by atoms with Crippen LogP contribution in [0.15, 0.2) is 16.5 Å². The van der Waals surface area contributed by atoms with E-state index in [4.69, 9.17) is 10.2 Å². The van der Waals surface area contributed by atoms with Crippen LogP contribution in [0.25, 0.3) is 0 Å². The van der Waals surface area contributed by atoms with Gasteiger partial charge in [0, 0.05) is 13.1 Å². The third-order valence-corrected chi connectivity index (χ3v) is 2.97. The highest BCUT2D eigenvalue weighted by Gasteiger charge is 2.19. The van der Waals surface area contributed by atoms with E-state index in [1.54, 1.807) is 12.1 Å². The highest BCUT2D eigenvalue weighted by atomic mass is 16.4. The average molecular weight is 222 g/mol. The van der Waals surface area contributed by atoms with Crippen molar-refractivity contribution in [2.24, 2.45) is 5.73 Å². The molecule has 2 rings (SSSR count). The van der Waals surface area contributed by atoms with E-state index in [2.05, 4.69) is 0 Å². The first-order valence-corrected chi connectivity index (χ1v) is 5.89. The molecular weight excluding hydrogens is 204 g/mol. The summed E-state index contributed by atoms with van der Waals surface area (Å²) in [5.41, 5.74) is 5.45. The molecule has 0 aromatic carbocycles. The summed E-state index contributed by atoms with van der Waals surface area (Å²) < 4.78 is 5.37. The molecule has 88 valence electrons. The van der Waals surface area contributed by atoms with E-state index in [0.29, 0.717) is 18.1 Å². The van der Waals surface area contributed by atoms with Gasteiger partial charge in [-0.3, -0.25) is 4.79 Å². The molecule has 0 atom stereocenters. The molecule has 1 aliphatic heterocycles. The minimum absolute atomic E-state index is 0.00148. The van der Waals surface area contributed by atoms with E-state index in [1.165, 1.54) is 12.8 Å². The Hall–Kier alpha value is -1.29. The fraction of sp³-hybridized carbons (Fsp3) is 0.583. The Labute approximate surface area is 95.4 Å². The lowest BCUT2D eigenvalue weighted by Gasteiger charge is -2.18. The summed E-state index contributed by atoms with van der Waals surface area (Å²) in [5, 5.41) is 0. The maximum atomic E-state index is 12.1. The van der Waals surface area contributed by atoms with Crippen LogP contribution in [-0.4, -0.2) is 23.9 Å². The van der Waals surface area contributed by atoms with Crippen molar-refractivity contribution in [1.82, 2.24) is 4.90 Å². The molecule has 1 aromatic rings. The third-order valence-electron chi connectivity index (χ3n) is 2.97. The fourth-order valence-electron chi connectivity index (χ4n) is 2.03. The minimum Gasteiger partial charge on any atom is -0.455 e. The van der Waals surface area contributed by atoms with Crippen LogP contribution in [0.1, 0.15) is 42.0 Å². The van der Waals surface area contributed by atoms with E-state index in [0.717, 1.165) is 25.9 Å². The zero-order valence-corrected chi connectivity index (χ0v) is 9.45. The summed E-state index contributed by atoms with van der Waals surface area (Å²) >= 11 is 0. The number of amides is 1. The van der Waals surface area contributed by atoms with Gasteiger partial charge in [-0.25, -0.2) is 0 Å². The molecule has 0 unspecified atom stereocenters. The molecule has 1 aliphatic rings. The van der Waals surface area contributed by atoms with E-state index in [-0.39, 0.29) is 5.91 Å². The lowest BCUT2D eigenvalue weighted by Crippen LogP contribution is -2.31. The molecular formula is C12H18N2O2. The van der Waals surface area contributed by atoms with Gasteiger partial charge in [0.1, 0.15) is 5.76 Å². The number of hydrogen-bond donors (Lipinski definition) is 1. The van der Waals surface area contributed by atoms with Gasteiger partial charge in [0.25, 0.3) is 5.91 Å². The van der Waals surface area contributed by atoms with Crippen LogP contribution in [0.2, 0.25) is 0 Å². The Morgan fingerprint density at radius 3 is 2.50 bits per heavy atom. The molecule has 2 N–H and O–H groups in total. The standard InChI is InChI=1S/C12H18N2O2/c13-9-10-5-6-11(16-10)12(15)14-7-3-1-2-4-8-14/h5-6H,1-4,7-9,13H2. The minimum atomic E-state index is 0.00148. The van der Waals surface area contributed by atoms with Crippen LogP contribution < -0.4 is 5.73 Å². The normalized spacial score (nSPS) is 17.2. The Morgan fingerprint density at radius 2 is 1.94 bits per heavy atom. The van der Waals surface area contributed by atoms with Crippen molar-refractivity contribution in [3.8, 4) is 0 Å². The molecule has 0 radical (unpaired) electrons. The number of likely N-dealkylation sites (tertiary alicyclic amines) is 1. The summed E-state index contributed by atoms with van der Waals surface area (Å²) in [6.45, 7) is 2.03. The van der Waals surface area contributed by atoms with Crippen molar-refractivity contribution < 1.29 is 9.21 Å². The van der Waals surface area contributed by atoms with E-state index in [1.807, 2.05) is 4.90 Å². The Kier molecular flexibility index (Phi) is 3.62. The molecule has 0 saturated carbocycles. The first-order valence-electron chi connectivity index (χ1n) is 5.89. The second-order valence-corrected chi connectivity index (χ2v) is 4.18. The maximum Gasteiger partial charge on any atom is 0.289 e. The number of carbonyl (C=O) groups is 1. The second-order valence-electron chi connectivity index (χ2n) is 4.18. The summed E-state index contributed by atoms with van der Waals surface area (Å²) in [5.74, 6) is 1.09. The number of nitrogens with zero attached hydrogens (tertiary/aromatic N) is 1. The lowest BCUT2D eigenvalue weighted by atomic mass is 10.2. The zero-order valence-electron chi connectivity index (χ0n) is 9.45. The number of carbonyl (C=O) groups excluding carboxylic acids is 1. The van der Waals surface area contributed by atoms with Gasteiger partial charge < -0.3 is 15.1 Å². The Balaban J connectivity index is 2.05. The summed E-state index contributed by atoms with van der Waals surface area (Å²) in [7, 11) is 0. The van der Waals surface area contributed by atoms with Gasteiger partial charge >= 0.3 is 0 Å². The summed E-state index contributed by atoms with van der Waals surface area (Å²) in [4.78, 5) is 14.0. The van der Waals surface area contributed by atoms with Crippen molar-refractivity contribution in [3.63, 3.8) is 0 Å². The molecule has 1 amide bonds. The van der Waals surface area contributed by atoms with Crippen LogP contribution in [0.5, 0.6) is 0 Å². The molecule has 2 heterocycles. The molecule has 1 saturated heterocycles. The van der Waals surface area contributed by atoms with E-state index >= 15 is 0 Å². The lowest BCUT2D eigenvalue weighted by molar-refractivity contribution is 0.0728. The second kappa shape index (κ2) is 5.16. The third kappa shape index (κ3) is 2.44. The van der Waals surface area contributed by atoms with Crippen LogP contribution in [0.3, 0.4) is 0 Å². The molecule has 16 heavy (non-hydrogen) atoms. The average Bonchev–Trinajstić information content (AvgIpc) is 2.62. The topological polar surface area (TPSA) is 59.5 Å². The predicted molar refractivity (Wildman–Crippen MR) is 61.0 cm³/mol. The van der Waals surface area contributed by atoms with Crippen LogP contribution in [0, 0.1) is 0 Å². The first kappa shape index (κ1) is 11.2. The van der Waals surface area contributed by atoms with Gasteiger partial charge in [0.05, 0.1) is 6.54 Å². The van der Waals surface area contributed by atoms with Crippen molar-refractivity contribution >= 4 is 5.91 Å². The van der Waals surface area contributed by atoms with Gasteiger partial charge in [0.15, 0.2) is 5.76 Å². The summed E-state index contributed by atoms with van der Waals surface area (Å²) in [6.07, 6.45) is 4.62. The molecule has 4 heteroatoms. The fourth-order valence-corrected chi connectivity index (χ4v) is 2.03. The molecule has 0 aliphatic carbocycles. The monoisotopic (exact) mass is 222 g/mol. The SMILES string of the molecule is NCc1ccc(C(=O)N2CCCCCC2)o1. The summed E-state index contributed by atoms with van der Waals surface area (Å²) in [6, 6.07) is 3.49. The number of nitrogens with two attached hydrogens (primary N) is 1. The van der Waals surface area contributed by atoms with Gasteiger partial charge in [-0.15, -0.1) is 0 Å².